The van der Waals surface area contributed by atoms with Crippen LogP contribution in [0.4, 0.5) is 10.5 Å². The van der Waals surface area contributed by atoms with E-state index in [2.05, 4.69) is 5.32 Å². The first kappa shape index (κ1) is 21.2. The highest BCUT2D eigenvalue weighted by Gasteiger charge is 2.28. The molecule has 1 saturated heterocycles. The molecule has 1 fully saturated rings. The molecule has 1 N–H and O–H groups in total. The number of nitrogens with zero attached hydrogens (tertiary/aromatic N) is 2. The molecule has 29 heavy (non-hydrogen) atoms. The Hall–Kier alpha value is -2.47. The van der Waals surface area contributed by atoms with Crippen molar-refractivity contribution < 1.29 is 14.3 Å². The average Bonchev–Trinajstić information content (AvgIpc) is 3.12. The lowest BCUT2D eigenvalue weighted by Gasteiger charge is -2.34. The summed E-state index contributed by atoms with van der Waals surface area (Å²) in [7, 11) is 0. The lowest BCUT2D eigenvalue weighted by atomic mass is 10.0. The topological polar surface area (TPSA) is 63.6 Å². The van der Waals surface area contributed by atoms with Gasteiger partial charge in [0.05, 0.1) is 0 Å². The van der Waals surface area contributed by atoms with E-state index in [9.17, 15) is 9.59 Å². The van der Waals surface area contributed by atoms with Crippen molar-refractivity contribution >= 4 is 29.3 Å². The van der Waals surface area contributed by atoms with Crippen molar-refractivity contribution in [3.8, 4) is 0 Å². The zero-order valence-electron chi connectivity index (χ0n) is 17.4. The number of piperidine rings is 1. The van der Waals surface area contributed by atoms with E-state index < -0.39 is 5.60 Å². The Kier molecular flexibility index (Phi) is 6.22. The summed E-state index contributed by atoms with van der Waals surface area (Å²) in [6.45, 7) is 8.72. The molecule has 0 aliphatic carbocycles. The number of carbonyl (C=O) groups excluding carboxylic acids is 2. The molecule has 1 aromatic heterocycles. The lowest BCUT2D eigenvalue weighted by Crippen LogP contribution is -2.42. The fourth-order valence-corrected chi connectivity index (χ4v) is 3.74. The Morgan fingerprint density at radius 1 is 1.17 bits per heavy atom. The quantitative estimate of drug-likeness (QED) is 0.739. The second-order valence-corrected chi connectivity index (χ2v) is 8.85. The van der Waals surface area contributed by atoms with E-state index in [1.54, 1.807) is 11.0 Å². The van der Waals surface area contributed by atoms with Crippen LogP contribution in [0.2, 0.25) is 5.02 Å². The van der Waals surface area contributed by atoms with Gasteiger partial charge in [0.15, 0.2) is 0 Å². The predicted octanol–water partition coefficient (Wildman–Crippen LogP) is 5.27. The summed E-state index contributed by atoms with van der Waals surface area (Å²) in [4.78, 5) is 26.9. The largest absolute Gasteiger partial charge is 0.444 e. The van der Waals surface area contributed by atoms with E-state index in [1.807, 2.05) is 62.7 Å². The third-order valence-electron chi connectivity index (χ3n) is 4.96. The van der Waals surface area contributed by atoms with Crippen molar-refractivity contribution in [1.82, 2.24) is 9.47 Å². The van der Waals surface area contributed by atoms with E-state index in [0.29, 0.717) is 23.8 Å². The van der Waals surface area contributed by atoms with Crippen LogP contribution in [0, 0.1) is 6.92 Å². The summed E-state index contributed by atoms with van der Waals surface area (Å²) in [5, 5.41) is 3.61. The van der Waals surface area contributed by atoms with Crippen LogP contribution in [-0.4, -0.2) is 40.2 Å². The first-order chi connectivity index (χ1) is 13.6. The number of hydrogen-bond acceptors (Lipinski definition) is 3. The standard InChI is InChI=1S/C22H28ClN3O3/c1-15-14-16(23)7-8-18(15)24-20(27)19-6-5-11-26(19)17-9-12-25(13-10-17)21(28)29-22(2,3)4/h5-8,11,14,17H,9-10,12-13H2,1-4H3,(H,24,27). The summed E-state index contributed by atoms with van der Waals surface area (Å²) >= 11 is 6.00. The number of ether oxygens (including phenoxy) is 1. The molecular formula is C22H28ClN3O3. The number of anilines is 1. The Balaban J connectivity index is 1.65. The van der Waals surface area contributed by atoms with Gasteiger partial charge in [0.1, 0.15) is 11.3 Å². The lowest BCUT2D eigenvalue weighted by molar-refractivity contribution is 0.0187. The Labute approximate surface area is 176 Å². The second kappa shape index (κ2) is 8.49. The average molecular weight is 418 g/mol. The van der Waals surface area contributed by atoms with Crippen LogP contribution in [0.25, 0.3) is 0 Å². The minimum absolute atomic E-state index is 0.157. The van der Waals surface area contributed by atoms with Gasteiger partial charge in [-0.25, -0.2) is 4.79 Å². The van der Waals surface area contributed by atoms with Crippen molar-refractivity contribution in [2.75, 3.05) is 18.4 Å². The van der Waals surface area contributed by atoms with E-state index in [1.165, 1.54) is 0 Å². The number of likely N-dealkylation sites (tertiary alicyclic amines) is 1. The Morgan fingerprint density at radius 2 is 1.86 bits per heavy atom. The van der Waals surface area contributed by atoms with Crippen LogP contribution in [0.5, 0.6) is 0 Å². The number of benzene rings is 1. The molecule has 1 aromatic carbocycles. The van der Waals surface area contributed by atoms with Gasteiger partial charge in [0, 0.05) is 36.0 Å². The van der Waals surface area contributed by atoms with Crippen LogP contribution in [0.15, 0.2) is 36.5 Å². The molecule has 0 unspecified atom stereocenters. The molecule has 2 heterocycles. The zero-order valence-corrected chi connectivity index (χ0v) is 18.1. The highest BCUT2D eigenvalue weighted by Crippen LogP contribution is 2.27. The normalized spacial score (nSPS) is 15.3. The molecule has 1 aliphatic rings. The summed E-state index contributed by atoms with van der Waals surface area (Å²) in [6, 6.07) is 9.25. The smallest absolute Gasteiger partial charge is 0.410 e. The van der Waals surface area contributed by atoms with E-state index in [-0.39, 0.29) is 18.0 Å². The summed E-state index contributed by atoms with van der Waals surface area (Å²) < 4.78 is 7.46. The number of aryl methyl sites for hydroxylation is 1. The van der Waals surface area contributed by atoms with Gasteiger partial charge in [0.25, 0.3) is 5.91 Å². The number of aromatic nitrogens is 1. The molecule has 2 amide bonds. The molecule has 0 saturated carbocycles. The minimum atomic E-state index is -0.501. The molecule has 3 rings (SSSR count). The van der Waals surface area contributed by atoms with Gasteiger partial charge in [-0.05, 0) is 76.4 Å². The first-order valence-electron chi connectivity index (χ1n) is 9.86. The van der Waals surface area contributed by atoms with Gasteiger partial charge in [-0.1, -0.05) is 11.6 Å². The van der Waals surface area contributed by atoms with Crippen molar-refractivity contribution in [1.29, 1.82) is 0 Å². The van der Waals surface area contributed by atoms with Gasteiger partial charge in [-0.2, -0.15) is 0 Å². The van der Waals surface area contributed by atoms with Gasteiger partial charge in [-0.15, -0.1) is 0 Å². The van der Waals surface area contributed by atoms with Crippen molar-refractivity contribution in [3.63, 3.8) is 0 Å². The van der Waals surface area contributed by atoms with Crippen molar-refractivity contribution in [3.05, 3.63) is 52.8 Å². The molecule has 0 radical (unpaired) electrons. The van der Waals surface area contributed by atoms with Gasteiger partial charge in [-0.3, -0.25) is 4.79 Å². The summed E-state index contributed by atoms with van der Waals surface area (Å²) in [5.41, 5.74) is 1.76. The number of carbonyl (C=O) groups is 2. The molecule has 0 bridgehead atoms. The summed E-state index contributed by atoms with van der Waals surface area (Å²) in [6.07, 6.45) is 3.19. The van der Waals surface area contributed by atoms with Gasteiger partial charge < -0.3 is 19.5 Å². The van der Waals surface area contributed by atoms with E-state index in [0.717, 1.165) is 24.1 Å². The third-order valence-corrected chi connectivity index (χ3v) is 5.19. The molecule has 2 aromatic rings. The van der Waals surface area contributed by atoms with E-state index in [4.69, 9.17) is 16.3 Å². The maximum absolute atomic E-state index is 12.9. The van der Waals surface area contributed by atoms with E-state index >= 15 is 0 Å². The van der Waals surface area contributed by atoms with Gasteiger partial charge >= 0.3 is 6.09 Å². The highest BCUT2D eigenvalue weighted by molar-refractivity contribution is 6.30. The number of hydrogen-bond donors (Lipinski definition) is 1. The predicted molar refractivity (Wildman–Crippen MR) is 115 cm³/mol. The number of nitrogens with one attached hydrogen (secondary N) is 1. The number of rotatable bonds is 3. The molecule has 156 valence electrons. The minimum Gasteiger partial charge on any atom is -0.444 e. The van der Waals surface area contributed by atoms with Crippen LogP contribution in [0.1, 0.15) is 55.7 Å². The summed E-state index contributed by atoms with van der Waals surface area (Å²) in [5.74, 6) is -0.157. The molecular weight excluding hydrogens is 390 g/mol. The van der Waals surface area contributed by atoms with Crippen LogP contribution >= 0.6 is 11.6 Å². The fourth-order valence-electron chi connectivity index (χ4n) is 3.51. The Morgan fingerprint density at radius 3 is 2.48 bits per heavy atom. The van der Waals surface area contributed by atoms with Gasteiger partial charge in [0.2, 0.25) is 0 Å². The van der Waals surface area contributed by atoms with Crippen LogP contribution in [-0.2, 0) is 4.74 Å². The number of halogens is 1. The third kappa shape index (κ3) is 5.32. The maximum Gasteiger partial charge on any atom is 0.410 e. The molecule has 0 spiro atoms. The van der Waals surface area contributed by atoms with Crippen LogP contribution < -0.4 is 5.32 Å². The molecule has 0 atom stereocenters. The molecule has 7 heteroatoms. The zero-order chi connectivity index (χ0) is 21.2. The number of amides is 2. The molecule has 1 aliphatic heterocycles. The fraction of sp³-hybridized carbons (Fsp3) is 0.455. The highest BCUT2D eigenvalue weighted by atomic mass is 35.5. The first-order valence-corrected chi connectivity index (χ1v) is 10.2. The second-order valence-electron chi connectivity index (χ2n) is 8.41. The maximum atomic E-state index is 12.9. The monoisotopic (exact) mass is 417 g/mol. The Bertz CT molecular complexity index is 893. The van der Waals surface area contributed by atoms with Crippen molar-refractivity contribution in [2.45, 2.75) is 52.2 Å². The van der Waals surface area contributed by atoms with Crippen molar-refractivity contribution in [2.24, 2.45) is 0 Å². The van der Waals surface area contributed by atoms with Crippen LogP contribution in [0.3, 0.4) is 0 Å². The molecule has 6 nitrogen and oxygen atoms in total. The SMILES string of the molecule is Cc1cc(Cl)ccc1NC(=O)c1cccn1C1CCN(C(=O)OC(C)(C)C)CC1.